The Labute approximate surface area is 364 Å². The van der Waals surface area contributed by atoms with Gasteiger partial charge >= 0.3 is 12.4 Å². The molecule has 0 saturated carbocycles. The molecule has 0 amide bonds. The minimum atomic E-state index is -4.98. The third-order valence-corrected chi connectivity index (χ3v) is 10.8. The molecule has 0 bridgehead atoms. The molecule has 0 aromatic carbocycles. The van der Waals surface area contributed by atoms with Gasteiger partial charge < -0.3 is 57.5 Å². The first-order valence-corrected chi connectivity index (χ1v) is 20.8. The normalized spacial score (nSPS) is 20.6. The van der Waals surface area contributed by atoms with Crippen molar-refractivity contribution in [2.24, 2.45) is 0 Å². The molecule has 340 valence electrons. The van der Waals surface area contributed by atoms with Crippen molar-refractivity contribution in [1.29, 1.82) is 0 Å². The van der Waals surface area contributed by atoms with E-state index in [-0.39, 0.29) is 155 Å². The van der Waals surface area contributed by atoms with Crippen molar-refractivity contribution in [1.82, 2.24) is 9.97 Å². The average molecular weight is 949 g/mol. The summed E-state index contributed by atoms with van der Waals surface area (Å²) in [6.07, 6.45) is -9.96. The van der Waals surface area contributed by atoms with Crippen molar-refractivity contribution in [2.45, 2.75) is 12.4 Å². The van der Waals surface area contributed by atoms with Gasteiger partial charge in [-0.3, -0.25) is 0 Å². The smallest absolute Gasteiger partial charge is 0.377 e. The molecule has 0 spiro atoms. The Morgan fingerprint density at radius 2 is 0.500 bits per heavy atom. The molecule has 3 saturated heterocycles. The number of rotatable bonds is 4. The van der Waals surface area contributed by atoms with E-state index in [4.69, 9.17) is 84.3 Å². The van der Waals surface area contributed by atoms with Gasteiger partial charge in [-0.2, -0.15) is 26.3 Å². The summed E-state index contributed by atoms with van der Waals surface area (Å²) in [4.78, 5) is 15.2. The fourth-order valence-electron chi connectivity index (χ4n) is 6.37. The number of hydrogen-bond donors (Lipinski definition) is 0. The SMILES string of the molecule is FC(F)(F)c1c(Cl)c(N2CCOCCOCCOCCOCC2)nc(N2CCN(c3nc(N4CCOCCOCCOCCOCC4)c(Cl)c(C(F)(F)F)c3Cl)CC2)c1Cl. The van der Waals surface area contributed by atoms with E-state index in [2.05, 4.69) is 9.97 Å². The number of nitrogens with zero attached hydrogens (tertiary/aromatic N) is 6. The average Bonchev–Trinajstić information content (AvgIpc) is 3.21. The van der Waals surface area contributed by atoms with E-state index < -0.39 is 43.6 Å². The standard InChI is InChI=1S/C36H48Cl4F6N6O8/c37-27-25(35(41,42)43)29(39)33(51-5-9-53-13-17-57-21-22-58-18-14-54-10-6-51)47-31(27)49-1-2-50(4-3-49)32-28(38)26(36(44,45)46)30(40)34(48-32)52-7-11-55-15-19-59-23-24-60-20-16-56-12-8-52/h1-24H2. The zero-order valence-electron chi connectivity index (χ0n) is 32.7. The predicted molar refractivity (Wildman–Crippen MR) is 214 cm³/mol. The molecular weight excluding hydrogens is 900 g/mol. The molecular formula is C36H48Cl4F6N6O8. The highest BCUT2D eigenvalue weighted by atomic mass is 35.5. The van der Waals surface area contributed by atoms with Crippen LogP contribution in [-0.4, -0.2) is 168 Å². The fourth-order valence-corrected chi connectivity index (χ4v) is 7.92. The van der Waals surface area contributed by atoms with Crippen LogP contribution in [0, 0.1) is 0 Å². The number of aromatic nitrogens is 2. The minimum Gasteiger partial charge on any atom is -0.377 e. The van der Waals surface area contributed by atoms with E-state index in [1.165, 1.54) is 19.6 Å². The van der Waals surface area contributed by atoms with Gasteiger partial charge in [0.2, 0.25) is 0 Å². The third kappa shape index (κ3) is 14.0. The summed E-state index contributed by atoms with van der Waals surface area (Å²) in [7, 11) is 0. The van der Waals surface area contributed by atoms with E-state index in [0.29, 0.717) is 26.4 Å². The van der Waals surface area contributed by atoms with Crippen LogP contribution in [0.3, 0.4) is 0 Å². The molecule has 0 N–H and O–H groups in total. The molecule has 60 heavy (non-hydrogen) atoms. The van der Waals surface area contributed by atoms with Crippen LogP contribution in [0.15, 0.2) is 0 Å². The topological polar surface area (TPSA) is 113 Å². The van der Waals surface area contributed by atoms with Crippen LogP contribution in [0.5, 0.6) is 0 Å². The summed E-state index contributed by atoms with van der Waals surface area (Å²) >= 11 is 25.9. The van der Waals surface area contributed by atoms with Gasteiger partial charge in [0, 0.05) is 52.4 Å². The Balaban J connectivity index is 1.42. The lowest BCUT2D eigenvalue weighted by atomic mass is 10.2. The molecule has 0 aliphatic carbocycles. The van der Waals surface area contributed by atoms with E-state index in [9.17, 15) is 26.3 Å². The maximum absolute atomic E-state index is 14.7. The van der Waals surface area contributed by atoms with Gasteiger partial charge in [0.25, 0.3) is 0 Å². The van der Waals surface area contributed by atoms with Crippen LogP contribution in [0.1, 0.15) is 11.1 Å². The number of halogens is 10. The van der Waals surface area contributed by atoms with Crippen LogP contribution in [-0.2, 0) is 50.2 Å². The third-order valence-electron chi connectivity index (χ3n) is 9.39. The highest BCUT2D eigenvalue weighted by molar-refractivity contribution is 6.39. The van der Waals surface area contributed by atoms with Crippen molar-refractivity contribution < 1.29 is 64.2 Å². The number of anilines is 4. The van der Waals surface area contributed by atoms with E-state index in [1.54, 1.807) is 0 Å². The maximum atomic E-state index is 14.7. The highest BCUT2D eigenvalue weighted by Crippen LogP contribution is 2.49. The number of pyridine rings is 2. The Morgan fingerprint density at radius 3 is 0.700 bits per heavy atom. The van der Waals surface area contributed by atoms with Crippen LogP contribution < -0.4 is 19.6 Å². The molecule has 0 atom stereocenters. The Kier molecular flexibility index (Phi) is 19.7. The molecule has 2 aromatic rings. The second-order valence-electron chi connectivity index (χ2n) is 13.4. The van der Waals surface area contributed by atoms with Gasteiger partial charge in [0.15, 0.2) is 23.3 Å². The summed E-state index contributed by atoms with van der Waals surface area (Å²) in [6.45, 7) is 4.25. The lowest BCUT2D eigenvalue weighted by molar-refractivity contribution is -0.138. The van der Waals surface area contributed by atoms with E-state index >= 15 is 0 Å². The van der Waals surface area contributed by atoms with Crippen molar-refractivity contribution in [3.05, 3.63) is 31.2 Å². The molecule has 5 rings (SSSR count). The van der Waals surface area contributed by atoms with Crippen LogP contribution in [0.2, 0.25) is 20.1 Å². The van der Waals surface area contributed by atoms with Gasteiger partial charge in [0.1, 0.15) is 11.1 Å². The lowest BCUT2D eigenvalue weighted by Gasteiger charge is -2.38. The van der Waals surface area contributed by atoms with Gasteiger partial charge in [-0.25, -0.2) is 9.97 Å². The van der Waals surface area contributed by atoms with Crippen LogP contribution >= 0.6 is 46.4 Å². The predicted octanol–water partition coefficient (Wildman–Crippen LogP) is 6.23. The first kappa shape index (κ1) is 48.9. The summed E-state index contributed by atoms with van der Waals surface area (Å²) in [5.41, 5.74) is -2.56. The van der Waals surface area contributed by atoms with Crippen molar-refractivity contribution in [3.63, 3.8) is 0 Å². The van der Waals surface area contributed by atoms with Crippen LogP contribution in [0.4, 0.5) is 49.6 Å². The van der Waals surface area contributed by atoms with Crippen molar-refractivity contribution in [3.8, 4) is 0 Å². The highest BCUT2D eigenvalue weighted by Gasteiger charge is 2.43. The summed E-state index contributed by atoms with van der Waals surface area (Å²) in [5.74, 6) is -0.825. The molecule has 24 heteroatoms. The van der Waals surface area contributed by atoms with Crippen molar-refractivity contribution >= 4 is 69.7 Å². The monoisotopic (exact) mass is 946 g/mol. The molecule has 3 fully saturated rings. The molecule has 0 radical (unpaired) electrons. The Hall–Kier alpha value is -2.08. The van der Waals surface area contributed by atoms with Gasteiger partial charge in [-0.15, -0.1) is 0 Å². The number of ether oxygens (including phenoxy) is 8. The number of hydrogen-bond acceptors (Lipinski definition) is 14. The summed E-state index contributed by atoms with van der Waals surface area (Å²) in [6, 6.07) is 0. The first-order chi connectivity index (χ1) is 28.8. The van der Waals surface area contributed by atoms with E-state index in [1.807, 2.05) is 0 Å². The van der Waals surface area contributed by atoms with Gasteiger partial charge in [-0.05, 0) is 0 Å². The quantitative estimate of drug-likeness (QED) is 0.323. The molecule has 14 nitrogen and oxygen atoms in total. The molecule has 5 heterocycles. The second-order valence-corrected chi connectivity index (χ2v) is 14.9. The lowest BCUT2D eigenvalue weighted by Crippen LogP contribution is -2.48. The summed E-state index contributed by atoms with van der Waals surface area (Å²) in [5, 5.41) is -2.86. The molecule has 3 aliphatic heterocycles. The largest absolute Gasteiger partial charge is 0.419 e. The number of alkyl halides is 6. The van der Waals surface area contributed by atoms with E-state index in [0.717, 1.165) is 0 Å². The zero-order valence-corrected chi connectivity index (χ0v) is 35.7. The van der Waals surface area contributed by atoms with Gasteiger partial charge in [-0.1, -0.05) is 46.4 Å². The zero-order chi connectivity index (χ0) is 43.1. The Morgan fingerprint density at radius 1 is 0.317 bits per heavy atom. The first-order valence-electron chi connectivity index (χ1n) is 19.3. The van der Waals surface area contributed by atoms with Crippen molar-refractivity contribution in [2.75, 3.05) is 178 Å². The second kappa shape index (κ2) is 24.1. The molecule has 3 aliphatic rings. The molecule has 2 aromatic heterocycles. The Bertz CT molecular complexity index is 1500. The van der Waals surface area contributed by atoms with Crippen LogP contribution in [0.25, 0.3) is 0 Å². The fraction of sp³-hybridized carbons (Fsp3) is 0.722. The summed E-state index contributed by atoms with van der Waals surface area (Å²) < 4.78 is 133. The number of piperazine rings is 1. The van der Waals surface area contributed by atoms with Gasteiger partial charge in [0.05, 0.1) is 126 Å². The minimum absolute atomic E-state index is 0.0375. The maximum Gasteiger partial charge on any atom is 0.419 e. The molecule has 0 unspecified atom stereocenters.